The van der Waals surface area contributed by atoms with E-state index in [0.29, 0.717) is 27.5 Å². The normalized spacial score (nSPS) is 11.5. The van der Waals surface area contributed by atoms with Gasteiger partial charge >= 0.3 is 237 Å². The number of rotatable bonds is 19. The van der Waals surface area contributed by atoms with Gasteiger partial charge in [-0.1, -0.05) is 0 Å². The second-order valence-electron chi connectivity index (χ2n) is 7.44. The maximum atomic E-state index is 12.4. The molecule has 0 aliphatic rings. The fourth-order valence-corrected chi connectivity index (χ4v) is 13.2. The van der Waals surface area contributed by atoms with Crippen molar-refractivity contribution in [3.05, 3.63) is 35.4 Å². The van der Waals surface area contributed by atoms with Crippen LogP contribution in [0.2, 0.25) is 0 Å². The second-order valence-corrected chi connectivity index (χ2v) is 19.9. The van der Waals surface area contributed by atoms with E-state index in [-0.39, 0.29) is 32.6 Å². The summed E-state index contributed by atoms with van der Waals surface area (Å²) < 4.78 is 4.27. The van der Waals surface area contributed by atoms with Crippen LogP contribution in [0.3, 0.4) is 0 Å². The Hall–Kier alpha value is 0.820. The molecule has 0 atom stereocenters. The molecule has 186 valence electrons. The summed E-state index contributed by atoms with van der Waals surface area (Å²) in [6.07, 6.45) is 5.24. The van der Waals surface area contributed by atoms with Crippen LogP contribution >= 0.6 is 0 Å². The first-order chi connectivity index (χ1) is 15.3. The number of carbonyl (C=O) groups excluding carboxylic acids is 4. The van der Waals surface area contributed by atoms with Gasteiger partial charge in [0.1, 0.15) is 0 Å². The van der Waals surface area contributed by atoms with E-state index in [0.717, 1.165) is 44.0 Å². The number of unbranched alkanes of at least 4 members (excludes halogenated alkanes) is 2. The van der Waals surface area contributed by atoms with Gasteiger partial charge in [0.05, 0.1) is 0 Å². The Morgan fingerprint density at radius 3 is 2.12 bits per heavy atom. The summed E-state index contributed by atoms with van der Waals surface area (Å²) in [4.78, 5) is 48.1. The Kier molecular flexibility index (Phi) is 18.4. The molecule has 1 aromatic rings. The number of carbonyl (C=O) groups is 4. The molecule has 0 unspecified atom stereocenters. The molecule has 0 saturated carbocycles. The molecule has 4 nitrogen and oxygen atoms in total. The maximum absolute atomic E-state index is 12.4. The van der Waals surface area contributed by atoms with Crippen LogP contribution in [-0.4, -0.2) is 34.4 Å². The summed E-state index contributed by atoms with van der Waals surface area (Å²) in [5.41, 5.74) is 2.03. The van der Waals surface area contributed by atoms with Crippen molar-refractivity contribution in [1.82, 2.24) is 0 Å². The Labute approximate surface area is 234 Å². The molecule has 0 bridgehead atoms. The van der Waals surface area contributed by atoms with E-state index in [2.05, 4.69) is 26.0 Å². The molecule has 32 heavy (non-hydrogen) atoms. The Bertz CT molecular complexity index is 732. The van der Waals surface area contributed by atoms with Gasteiger partial charge in [0, 0.05) is 0 Å². The molecule has 0 fully saturated rings. The number of hydrogen-bond acceptors (Lipinski definition) is 4. The van der Waals surface area contributed by atoms with Gasteiger partial charge in [0.15, 0.2) is 0 Å². The first-order valence-electron chi connectivity index (χ1n) is 10.9. The van der Waals surface area contributed by atoms with Crippen LogP contribution in [0.15, 0.2) is 24.3 Å². The number of hydrogen-bond donors (Lipinski definition) is 0. The second kappa shape index (κ2) is 19.1. The van der Waals surface area contributed by atoms with Crippen LogP contribution in [-0.2, 0) is 18.8 Å². The average molecular weight is 894 g/mol. The number of ketones is 1. The Morgan fingerprint density at radius 2 is 1.47 bits per heavy atom. The van der Waals surface area contributed by atoms with Gasteiger partial charge in [-0.2, -0.15) is 0 Å². The van der Waals surface area contributed by atoms with Gasteiger partial charge in [-0.3, -0.25) is 0 Å². The van der Waals surface area contributed by atoms with Gasteiger partial charge in [-0.05, 0) is 0 Å². The van der Waals surface area contributed by atoms with Gasteiger partial charge in [0.25, 0.3) is 0 Å². The molecular formula is C24H34I4O4-4. The first kappa shape index (κ1) is 30.9. The minimum absolute atomic E-state index is 0.127. The number of Topliss-reactive ketones (excluding diaryl/α,β-unsaturated/α-hetero) is 1. The molecule has 0 radical (unpaired) electrons. The monoisotopic (exact) mass is 894 g/mol. The fourth-order valence-electron chi connectivity index (χ4n) is 2.53. The molecule has 0 saturated heterocycles. The Balaban J connectivity index is 2.15. The molecule has 0 spiro atoms. The summed E-state index contributed by atoms with van der Waals surface area (Å²) in [5, 5.41) is 0. The van der Waals surface area contributed by atoms with Crippen LogP contribution in [0.4, 0.5) is 0 Å². The van der Waals surface area contributed by atoms with Gasteiger partial charge in [-0.15, -0.1) is 0 Å². The average Bonchev–Trinajstić information content (AvgIpc) is 2.77. The SMILES string of the molecule is CCCC(=O)CCCCC[I-]C(=O)C[I-]C(=O)C[I-]C(=O)c1ccc(C[I-]C(C)C)cc1. The molecule has 0 amide bonds. The van der Waals surface area contributed by atoms with E-state index >= 15 is 0 Å². The van der Waals surface area contributed by atoms with E-state index < -0.39 is 63.6 Å². The number of alkyl halides is 5. The van der Waals surface area contributed by atoms with Crippen molar-refractivity contribution in [2.75, 3.05) is 13.3 Å². The van der Waals surface area contributed by atoms with Crippen LogP contribution in [0.5, 0.6) is 0 Å². The molecule has 0 aliphatic heterocycles. The molecule has 0 aliphatic carbocycles. The molecule has 0 N–H and O–H groups in total. The standard InChI is InChI=1S/C24H34I4O4/c1-4-8-21(29)9-6-5-7-14-25-22(30)16-27-23(31)17-28-24(32)20-12-10-19(11-13-20)15-26-18(2)3/h10-13,18H,4-9,14-17H2,1-3H3/q-4. The van der Waals surface area contributed by atoms with E-state index in [4.69, 9.17) is 0 Å². The summed E-state index contributed by atoms with van der Waals surface area (Å²) in [7, 11) is 0. The molecular weight excluding hydrogens is 860 g/mol. The van der Waals surface area contributed by atoms with Gasteiger partial charge < -0.3 is 0 Å². The zero-order valence-corrected chi connectivity index (χ0v) is 27.7. The topological polar surface area (TPSA) is 68.3 Å². The van der Waals surface area contributed by atoms with E-state index in [1.165, 1.54) is 5.56 Å². The zero-order chi connectivity index (χ0) is 23.8. The Morgan fingerprint density at radius 1 is 0.812 bits per heavy atom. The molecule has 8 heteroatoms. The molecule has 0 aromatic heterocycles. The third-order valence-corrected chi connectivity index (χ3v) is 17.4. The van der Waals surface area contributed by atoms with Crippen molar-refractivity contribution in [3.63, 3.8) is 0 Å². The van der Waals surface area contributed by atoms with Crippen LogP contribution in [0.25, 0.3) is 0 Å². The van der Waals surface area contributed by atoms with Crippen LogP contribution in [0.1, 0.15) is 75.2 Å². The summed E-state index contributed by atoms with van der Waals surface area (Å²) >= 11 is -1.91. The van der Waals surface area contributed by atoms with Crippen molar-refractivity contribution >= 4 is 17.2 Å². The van der Waals surface area contributed by atoms with Crippen LogP contribution < -0.4 is 84.8 Å². The summed E-state index contributed by atoms with van der Waals surface area (Å²) in [5.74, 6) is 0.350. The number of halogens is 4. The molecule has 1 aromatic carbocycles. The van der Waals surface area contributed by atoms with Crippen molar-refractivity contribution in [2.45, 2.75) is 67.6 Å². The van der Waals surface area contributed by atoms with Crippen molar-refractivity contribution in [2.24, 2.45) is 0 Å². The van der Waals surface area contributed by atoms with Gasteiger partial charge in [0.2, 0.25) is 0 Å². The van der Waals surface area contributed by atoms with Crippen molar-refractivity contribution in [1.29, 1.82) is 0 Å². The summed E-state index contributed by atoms with van der Waals surface area (Å²) in [6.45, 7) is 6.53. The minimum atomic E-state index is -0.829. The van der Waals surface area contributed by atoms with Gasteiger partial charge in [-0.25, -0.2) is 0 Å². The molecule has 1 rings (SSSR count). The van der Waals surface area contributed by atoms with E-state index in [9.17, 15) is 19.2 Å². The third kappa shape index (κ3) is 15.7. The molecule has 0 heterocycles. The summed E-state index contributed by atoms with van der Waals surface area (Å²) in [6, 6.07) is 7.93. The van der Waals surface area contributed by atoms with Crippen LogP contribution in [0, 0.1) is 0 Å². The van der Waals surface area contributed by atoms with E-state index in [1.54, 1.807) is 0 Å². The predicted molar refractivity (Wildman–Crippen MR) is 113 cm³/mol. The predicted octanol–water partition coefficient (Wildman–Crippen LogP) is -7.93. The quantitative estimate of drug-likeness (QED) is 0.0601. The third-order valence-electron chi connectivity index (χ3n) is 4.20. The fraction of sp³-hybridized carbons (Fsp3) is 0.583. The van der Waals surface area contributed by atoms with E-state index in [1.807, 2.05) is 19.1 Å². The van der Waals surface area contributed by atoms with Crippen molar-refractivity contribution < 1.29 is 104 Å². The first-order valence-corrected chi connectivity index (χ1v) is 21.5. The number of benzene rings is 1. The van der Waals surface area contributed by atoms with Crippen molar-refractivity contribution in [3.8, 4) is 0 Å². The zero-order valence-electron chi connectivity index (χ0n) is 19.1.